The van der Waals surface area contributed by atoms with Crippen LogP contribution in [0.3, 0.4) is 0 Å². The number of nitrogens with one attached hydrogen (secondary N) is 1. The van der Waals surface area contributed by atoms with Crippen LogP contribution < -0.4 is 15.9 Å². The van der Waals surface area contributed by atoms with Gasteiger partial charge in [-0.05, 0) is 37.1 Å². The summed E-state index contributed by atoms with van der Waals surface area (Å²) in [5, 5.41) is 15.4. The Morgan fingerprint density at radius 1 is 1.21 bits per heavy atom. The third-order valence-corrected chi connectivity index (χ3v) is 3.50. The number of pyridine rings is 1. The maximum atomic E-state index is 10.1. The Kier molecular flexibility index (Phi) is 5.55. The van der Waals surface area contributed by atoms with E-state index in [1.54, 1.807) is 0 Å². The summed E-state index contributed by atoms with van der Waals surface area (Å²) in [6, 6.07) is 3.97. The smallest absolute Gasteiger partial charge is 0.148 e. The van der Waals surface area contributed by atoms with E-state index in [0.717, 1.165) is 36.9 Å². The summed E-state index contributed by atoms with van der Waals surface area (Å²) in [5.41, 5.74) is 0.723. The molecule has 0 radical (unpaired) electrons. The quantitative estimate of drug-likeness (QED) is 0.578. The Bertz CT molecular complexity index is 510. The minimum Gasteiger partial charge on any atom is -0.373 e. The van der Waals surface area contributed by atoms with Crippen LogP contribution in [0, 0.1) is 0 Å². The summed E-state index contributed by atoms with van der Waals surface area (Å²) in [6.45, 7) is 3.04. The first-order valence-corrected chi connectivity index (χ1v) is 7.40. The SMILES string of the molecule is CCCCCCNC(O)c1ccc2c(n1)=CCCC=2. The Labute approximate surface area is 115 Å². The molecule has 2 N–H and O–H groups in total. The third-order valence-electron chi connectivity index (χ3n) is 3.50. The van der Waals surface area contributed by atoms with Gasteiger partial charge in [-0.15, -0.1) is 0 Å². The average molecular weight is 260 g/mol. The van der Waals surface area contributed by atoms with Crippen LogP contribution in [0.4, 0.5) is 0 Å². The van der Waals surface area contributed by atoms with Crippen LogP contribution in [0.1, 0.15) is 57.4 Å². The van der Waals surface area contributed by atoms with E-state index in [2.05, 4.69) is 35.4 Å². The molecule has 3 heteroatoms. The molecule has 1 atom stereocenters. The summed E-state index contributed by atoms with van der Waals surface area (Å²) in [6.07, 6.45) is 10.7. The van der Waals surface area contributed by atoms with Crippen LogP contribution in [-0.2, 0) is 0 Å². The number of aliphatic hydroxyl groups excluding tert-OH is 1. The van der Waals surface area contributed by atoms with Crippen LogP contribution in [-0.4, -0.2) is 16.6 Å². The molecule has 0 amide bonds. The van der Waals surface area contributed by atoms with Crippen molar-refractivity contribution >= 4 is 12.2 Å². The summed E-state index contributed by atoms with van der Waals surface area (Å²) in [4.78, 5) is 4.53. The molecule has 0 fully saturated rings. The van der Waals surface area contributed by atoms with E-state index in [1.165, 1.54) is 24.5 Å². The molecule has 1 unspecified atom stereocenters. The van der Waals surface area contributed by atoms with Gasteiger partial charge in [0.2, 0.25) is 0 Å². The number of hydrogen-bond acceptors (Lipinski definition) is 3. The van der Waals surface area contributed by atoms with Gasteiger partial charge in [0.25, 0.3) is 0 Å². The zero-order chi connectivity index (χ0) is 13.5. The first-order chi connectivity index (χ1) is 9.31. The summed E-state index contributed by atoms with van der Waals surface area (Å²) < 4.78 is 0. The lowest BCUT2D eigenvalue weighted by atomic mass is 10.1. The van der Waals surface area contributed by atoms with Gasteiger partial charge in [0, 0.05) is 0 Å². The molecule has 0 bridgehead atoms. The minimum atomic E-state index is -0.651. The van der Waals surface area contributed by atoms with Gasteiger partial charge in [0.05, 0.1) is 11.0 Å². The van der Waals surface area contributed by atoms with Gasteiger partial charge in [0.15, 0.2) is 0 Å². The predicted octanol–water partition coefficient (Wildman–Crippen LogP) is 1.60. The van der Waals surface area contributed by atoms with Crippen LogP contribution in [0.15, 0.2) is 12.1 Å². The maximum absolute atomic E-state index is 10.1. The number of aliphatic hydroxyl groups is 1. The number of nitrogens with zero attached hydrogens (tertiary/aromatic N) is 1. The second-order valence-corrected chi connectivity index (χ2v) is 5.11. The average Bonchev–Trinajstić information content (AvgIpc) is 2.46. The van der Waals surface area contributed by atoms with Crippen molar-refractivity contribution in [1.82, 2.24) is 10.3 Å². The van der Waals surface area contributed by atoms with Crippen molar-refractivity contribution < 1.29 is 5.11 Å². The Morgan fingerprint density at radius 3 is 2.89 bits per heavy atom. The van der Waals surface area contributed by atoms with Crippen LogP contribution in [0.2, 0.25) is 0 Å². The van der Waals surface area contributed by atoms with Gasteiger partial charge >= 0.3 is 0 Å². The molecule has 0 aliphatic heterocycles. The van der Waals surface area contributed by atoms with Crippen molar-refractivity contribution in [3.8, 4) is 0 Å². The van der Waals surface area contributed by atoms with E-state index >= 15 is 0 Å². The van der Waals surface area contributed by atoms with Gasteiger partial charge in [-0.2, -0.15) is 0 Å². The van der Waals surface area contributed by atoms with Gasteiger partial charge in [-0.3, -0.25) is 5.32 Å². The lowest BCUT2D eigenvalue weighted by Gasteiger charge is -2.12. The molecule has 2 rings (SSSR count). The maximum Gasteiger partial charge on any atom is 0.148 e. The van der Waals surface area contributed by atoms with Crippen molar-refractivity contribution in [2.75, 3.05) is 6.54 Å². The lowest BCUT2D eigenvalue weighted by Crippen LogP contribution is -2.33. The summed E-state index contributed by atoms with van der Waals surface area (Å²) >= 11 is 0. The molecule has 1 aromatic heterocycles. The Balaban J connectivity index is 1.91. The highest BCUT2D eigenvalue weighted by atomic mass is 16.3. The van der Waals surface area contributed by atoms with Gasteiger partial charge in [-0.25, -0.2) is 4.98 Å². The molecular weight excluding hydrogens is 236 g/mol. The largest absolute Gasteiger partial charge is 0.373 e. The topological polar surface area (TPSA) is 45.1 Å². The Morgan fingerprint density at radius 2 is 2.05 bits per heavy atom. The zero-order valence-corrected chi connectivity index (χ0v) is 11.7. The number of unbranched alkanes of at least 4 members (excludes halogenated alkanes) is 3. The van der Waals surface area contributed by atoms with Gasteiger partial charge in [-0.1, -0.05) is 44.4 Å². The number of rotatable bonds is 7. The molecular formula is C16H24N2O. The standard InChI is InChI=1S/C16H24N2O/c1-2-3-4-7-12-17-16(19)15-11-10-13-8-5-6-9-14(13)18-15/h8-11,16-17,19H,2-7,12H2,1H3. The first-order valence-electron chi connectivity index (χ1n) is 7.40. The van der Waals surface area contributed by atoms with Crippen molar-refractivity contribution in [2.45, 2.75) is 51.7 Å². The summed E-state index contributed by atoms with van der Waals surface area (Å²) in [5.74, 6) is 0. The molecule has 1 heterocycles. The van der Waals surface area contributed by atoms with Crippen LogP contribution in [0.5, 0.6) is 0 Å². The molecule has 0 saturated carbocycles. The molecule has 0 spiro atoms. The van der Waals surface area contributed by atoms with Crippen molar-refractivity contribution in [3.63, 3.8) is 0 Å². The fourth-order valence-electron chi connectivity index (χ4n) is 2.34. The third kappa shape index (κ3) is 4.15. The second-order valence-electron chi connectivity index (χ2n) is 5.11. The normalized spacial score (nSPS) is 15.3. The Hall–Kier alpha value is -1.19. The molecule has 19 heavy (non-hydrogen) atoms. The molecule has 0 saturated heterocycles. The van der Waals surface area contributed by atoms with Crippen molar-refractivity contribution in [1.29, 1.82) is 0 Å². The molecule has 1 aromatic rings. The molecule has 1 aliphatic carbocycles. The van der Waals surface area contributed by atoms with E-state index in [4.69, 9.17) is 0 Å². The highest BCUT2D eigenvalue weighted by Gasteiger charge is 2.08. The first kappa shape index (κ1) is 14.2. The van der Waals surface area contributed by atoms with Gasteiger partial charge in [0.1, 0.15) is 6.23 Å². The highest BCUT2D eigenvalue weighted by molar-refractivity contribution is 5.36. The fourth-order valence-corrected chi connectivity index (χ4v) is 2.34. The van der Waals surface area contributed by atoms with Crippen molar-refractivity contribution in [3.05, 3.63) is 28.4 Å². The van der Waals surface area contributed by atoms with E-state index < -0.39 is 6.23 Å². The molecule has 3 nitrogen and oxygen atoms in total. The number of aromatic nitrogens is 1. The predicted molar refractivity (Wildman–Crippen MR) is 78.8 cm³/mol. The highest BCUT2D eigenvalue weighted by Crippen LogP contribution is 2.05. The lowest BCUT2D eigenvalue weighted by molar-refractivity contribution is 0.134. The summed E-state index contributed by atoms with van der Waals surface area (Å²) in [7, 11) is 0. The number of hydrogen-bond donors (Lipinski definition) is 2. The molecule has 0 aromatic carbocycles. The minimum absolute atomic E-state index is 0.651. The van der Waals surface area contributed by atoms with Crippen LogP contribution in [0.25, 0.3) is 12.2 Å². The van der Waals surface area contributed by atoms with E-state index in [9.17, 15) is 5.11 Å². The monoisotopic (exact) mass is 260 g/mol. The molecule has 1 aliphatic rings. The fraction of sp³-hybridized carbons (Fsp3) is 0.562. The van der Waals surface area contributed by atoms with Crippen LogP contribution >= 0.6 is 0 Å². The second kappa shape index (κ2) is 7.41. The molecule has 104 valence electrons. The van der Waals surface area contributed by atoms with Gasteiger partial charge < -0.3 is 5.11 Å². The van der Waals surface area contributed by atoms with E-state index in [-0.39, 0.29) is 0 Å². The zero-order valence-electron chi connectivity index (χ0n) is 11.7. The van der Waals surface area contributed by atoms with Crippen molar-refractivity contribution in [2.24, 2.45) is 0 Å². The number of fused-ring (bicyclic) bond motifs is 1. The van der Waals surface area contributed by atoms with E-state index in [0.29, 0.717) is 0 Å². The van der Waals surface area contributed by atoms with E-state index in [1.807, 2.05) is 6.07 Å².